The zero-order valence-electron chi connectivity index (χ0n) is 12.6. The fourth-order valence-electron chi connectivity index (χ4n) is 2.65. The molecule has 0 spiro atoms. The molecule has 0 aliphatic heterocycles. The van der Waals surface area contributed by atoms with Crippen LogP contribution in [0.15, 0.2) is 30.5 Å². The van der Waals surface area contributed by atoms with Gasteiger partial charge >= 0.3 is 0 Å². The van der Waals surface area contributed by atoms with Gasteiger partial charge in [-0.3, -0.25) is 0 Å². The van der Waals surface area contributed by atoms with Gasteiger partial charge in [-0.05, 0) is 37.4 Å². The Morgan fingerprint density at radius 3 is 2.67 bits per heavy atom. The van der Waals surface area contributed by atoms with E-state index in [1.807, 2.05) is 25.1 Å². The van der Waals surface area contributed by atoms with Gasteiger partial charge in [0.2, 0.25) is 0 Å². The topological polar surface area (TPSA) is 65.1 Å². The first kappa shape index (κ1) is 16.0. The van der Waals surface area contributed by atoms with Crippen LogP contribution in [0.25, 0.3) is 10.9 Å². The van der Waals surface area contributed by atoms with Crippen molar-refractivity contribution in [2.24, 2.45) is 5.73 Å². The number of rotatable bonds is 8. The fourth-order valence-corrected chi connectivity index (χ4v) is 3.95. The van der Waals surface area contributed by atoms with Gasteiger partial charge in [0.25, 0.3) is 0 Å². The Morgan fingerprint density at radius 1 is 1.19 bits per heavy atom. The van der Waals surface area contributed by atoms with Gasteiger partial charge in [0.05, 0.1) is 5.75 Å². The second-order valence-corrected chi connectivity index (χ2v) is 7.71. The van der Waals surface area contributed by atoms with Crippen molar-refractivity contribution >= 4 is 20.7 Å². The van der Waals surface area contributed by atoms with Crippen molar-refractivity contribution in [1.29, 1.82) is 0 Å². The molecule has 0 saturated carbocycles. The van der Waals surface area contributed by atoms with E-state index in [0.717, 1.165) is 18.4 Å². The van der Waals surface area contributed by atoms with E-state index in [2.05, 4.69) is 16.8 Å². The third kappa shape index (κ3) is 4.08. The van der Waals surface area contributed by atoms with Crippen LogP contribution in [0.1, 0.15) is 25.3 Å². The Morgan fingerprint density at radius 2 is 1.95 bits per heavy atom. The van der Waals surface area contributed by atoms with Crippen molar-refractivity contribution in [1.82, 2.24) is 4.57 Å². The molecule has 0 saturated heterocycles. The fraction of sp³-hybridized carbons (Fsp3) is 0.500. The quantitative estimate of drug-likeness (QED) is 0.814. The van der Waals surface area contributed by atoms with Crippen molar-refractivity contribution < 1.29 is 8.42 Å². The second kappa shape index (κ2) is 7.09. The second-order valence-electron chi connectivity index (χ2n) is 5.41. The summed E-state index contributed by atoms with van der Waals surface area (Å²) in [7, 11) is -2.95. The minimum absolute atomic E-state index is 0.204. The highest BCUT2D eigenvalue weighted by atomic mass is 32.2. The molecule has 4 nitrogen and oxygen atoms in total. The molecule has 2 N–H and O–H groups in total. The third-order valence-electron chi connectivity index (χ3n) is 3.68. The van der Waals surface area contributed by atoms with Crippen LogP contribution in [0.3, 0.4) is 0 Å². The molecule has 0 bridgehead atoms. The number of hydrogen-bond donors (Lipinski definition) is 1. The number of nitrogens with zero attached hydrogens (tertiary/aromatic N) is 1. The Bertz CT molecular complexity index is 689. The molecule has 5 heteroatoms. The minimum Gasteiger partial charge on any atom is -0.346 e. The van der Waals surface area contributed by atoms with Gasteiger partial charge in [-0.25, -0.2) is 8.42 Å². The Kier molecular flexibility index (Phi) is 5.42. The molecule has 0 amide bonds. The van der Waals surface area contributed by atoms with Crippen LogP contribution in [-0.4, -0.2) is 31.0 Å². The van der Waals surface area contributed by atoms with E-state index in [9.17, 15) is 8.42 Å². The lowest BCUT2D eigenvalue weighted by molar-refractivity contribution is 0.588. The van der Waals surface area contributed by atoms with E-state index < -0.39 is 9.84 Å². The summed E-state index contributed by atoms with van der Waals surface area (Å²) >= 11 is 0. The molecule has 0 fully saturated rings. The van der Waals surface area contributed by atoms with Gasteiger partial charge in [-0.2, -0.15) is 0 Å². The Hall–Kier alpha value is -1.33. The largest absolute Gasteiger partial charge is 0.346 e. The maximum atomic E-state index is 11.9. The molecule has 1 aromatic heterocycles. The summed E-state index contributed by atoms with van der Waals surface area (Å²) in [4.78, 5) is 0. The first-order valence-electron chi connectivity index (χ1n) is 7.54. The van der Waals surface area contributed by atoms with Crippen LogP contribution >= 0.6 is 0 Å². The van der Waals surface area contributed by atoms with Crippen molar-refractivity contribution in [2.45, 2.75) is 32.7 Å². The standard InChI is InChI=1S/C16H24N2O2S/c1-2-11-21(19,20)12-10-18-13-14(6-5-9-17)15-7-3-4-8-16(15)18/h3-4,7-8,13H,2,5-6,9-12,17H2,1H3. The molecule has 21 heavy (non-hydrogen) atoms. The molecule has 0 unspecified atom stereocenters. The number of fused-ring (bicyclic) bond motifs is 1. The smallest absolute Gasteiger partial charge is 0.152 e. The molecule has 2 aromatic rings. The number of para-hydroxylation sites is 1. The van der Waals surface area contributed by atoms with Gasteiger partial charge in [0.15, 0.2) is 9.84 Å². The average molecular weight is 308 g/mol. The van der Waals surface area contributed by atoms with E-state index in [0.29, 0.717) is 19.5 Å². The molecule has 0 radical (unpaired) electrons. The summed E-state index contributed by atoms with van der Waals surface area (Å²) < 4.78 is 25.8. The Labute approximate surface area is 126 Å². The SMILES string of the molecule is CCCS(=O)(=O)CCn1cc(CCCN)c2ccccc21. The third-order valence-corrected chi connectivity index (χ3v) is 5.51. The summed E-state index contributed by atoms with van der Waals surface area (Å²) in [6, 6.07) is 8.16. The number of benzene rings is 1. The van der Waals surface area contributed by atoms with E-state index in [-0.39, 0.29) is 11.5 Å². The van der Waals surface area contributed by atoms with E-state index >= 15 is 0 Å². The van der Waals surface area contributed by atoms with Crippen LogP contribution in [0.2, 0.25) is 0 Å². The van der Waals surface area contributed by atoms with Gasteiger partial charge in [-0.15, -0.1) is 0 Å². The molecule has 0 aliphatic carbocycles. The molecule has 2 rings (SSSR count). The molecular formula is C16H24N2O2S. The highest BCUT2D eigenvalue weighted by Crippen LogP contribution is 2.22. The van der Waals surface area contributed by atoms with Crippen LogP contribution in [-0.2, 0) is 22.8 Å². The number of aromatic nitrogens is 1. The zero-order chi connectivity index (χ0) is 15.3. The van der Waals surface area contributed by atoms with Crippen LogP contribution in [0, 0.1) is 0 Å². The monoisotopic (exact) mass is 308 g/mol. The van der Waals surface area contributed by atoms with E-state index in [4.69, 9.17) is 5.73 Å². The number of sulfone groups is 1. The van der Waals surface area contributed by atoms with Crippen molar-refractivity contribution in [3.63, 3.8) is 0 Å². The molecule has 116 valence electrons. The predicted molar refractivity (Wildman–Crippen MR) is 88.3 cm³/mol. The van der Waals surface area contributed by atoms with Crippen LogP contribution in [0.4, 0.5) is 0 Å². The highest BCUT2D eigenvalue weighted by molar-refractivity contribution is 7.91. The number of nitrogens with two attached hydrogens (primary N) is 1. The Balaban J connectivity index is 2.23. The van der Waals surface area contributed by atoms with E-state index in [1.54, 1.807) is 0 Å². The number of aryl methyl sites for hydroxylation is 2. The number of hydrogen-bond acceptors (Lipinski definition) is 3. The minimum atomic E-state index is -2.95. The van der Waals surface area contributed by atoms with Gasteiger partial charge in [-0.1, -0.05) is 25.1 Å². The van der Waals surface area contributed by atoms with Gasteiger partial charge in [0, 0.05) is 29.4 Å². The molecular weight excluding hydrogens is 284 g/mol. The summed E-state index contributed by atoms with van der Waals surface area (Å²) in [6.07, 6.45) is 4.65. The predicted octanol–water partition coefficient (Wildman–Crippen LogP) is 2.36. The van der Waals surface area contributed by atoms with Crippen molar-refractivity contribution in [3.8, 4) is 0 Å². The first-order valence-corrected chi connectivity index (χ1v) is 9.37. The summed E-state index contributed by atoms with van der Waals surface area (Å²) in [5, 5.41) is 1.21. The first-order chi connectivity index (χ1) is 10.1. The van der Waals surface area contributed by atoms with Crippen LogP contribution < -0.4 is 5.73 Å². The molecule has 1 aromatic carbocycles. The highest BCUT2D eigenvalue weighted by Gasteiger charge is 2.12. The lowest BCUT2D eigenvalue weighted by atomic mass is 10.1. The summed E-state index contributed by atoms with van der Waals surface area (Å²) in [5.41, 5.74) is 7.95. The summed E-state index contributed by atoms with van der Waals surface area (Å²) in [5.74, 6) is 0.474. The lowest BCUT2D eigenvalue weighted by Crippen LogP contribution is -2.15. The van der Waals surface area contributed by atoms with Crippen molar-refractivity contribution in [2.75, 3.05) is 18.1 Å². The maximum Gasteiger partial charge on any atom is 0.152 e. The zero-order valence-corrected chi connectivity index (χ0v) is 13.4. The molecule has 0 aliphatic rings. The maximum absolute atomic E-state index is 11.9. The van der Waals surface area contributed by atoms with Crippen molar-refractivity contribution in [3.05, 3.63) is 36.0 Å². The lowest BCUT2D eigenvalue weighted by Gasteiger charge is -2.06. The normalized spacial score (nSPS) is 12.1. The van der Waals surface area contributed by atoms with Gasteiger partial charge in [0.1, 0.15) is 0 Å². The molecule has 1 heterocycles. The van der Waals surface area contributed by atoms with E-state index in [1.165, 1.54) is 10.9 Å². The summed E-state index contributed by atoms with van der Waals surface area (Å²) in [6.45, 7) is 3.09. The average Bonchev–Trinajstić information content (AvgIpc) is 2.81. The van der Waals surface area contributed by atoms with Gasteiger partial charge < -0.3 is 10.3 Å². The molecule has 0 atom stereocenters. The van der Waals surface area contributed by atoms with Crippen LogP contribution in [0.5, 0.6) is 0 Å².